The molecular weight excluding hydrogens is 909 g/mol. The van der Waals surface area contributed by atoms with E-state index in [0.717, 1.165) is 63.1 Å². The van der Waals surface area contributed by atoms with E-state index in [1.165, 1.54) is 23.4 Å². The van der Waals surface area contributed by atoms with Crippen molar-refractivity contribution in [2.45, 2.75) is 86.9 Å². The predicted octanol–water partition coefficient (Wildman–Crippen LogP) is 4.40. The van der Waals surface area contributed by atoms with Gasteiger partial charge in [0, 0.05) is 73.3 Å². The number of pyridine rings is 2. The van der Waals surface area contributed by atoms with Crippen LogP contribution in [0.4, 0.5) is 28.9 Å². The average Bonchev–Trinajstić information content (AvgIpc) is 4.19. The quantitative estimate of drug-likeness (QED) is 0.121. The van der Waals surface area contributed by atoms with Crippen molar-refractivity contribution >= 4 is 55.2 Å². The Kier molecular flexibility index (Phi) is 10.00. The SMILES string of the molecule is COc1c(N2CC3(N)CCC4CC43C2)c(F)cc2c(=O)c(C(=O)O)cn([C@@H]3C[C@@H]3F)c12.COc1c(N2CC3(N)CCC4CC43C2)c(F)cc2c(=O)c(C(=O)O)cn([C@@H]3C[C@@H]3F)c12.CS(=O)(=O)O. The molecule has 22 heteroatoms. The number of aromatic nitrogens is 2. The zero-order chi connectivity index (χ0) is 48.2. The molecule has 12 rings (SSSR count). The molecule has 6 aliphatic carbocycles. The van der Waals surface area contributed by atoms with Gasteiger partial charge in [-0.05, 0) is 62.5 Å². The minimum atomic E-state index is -3.67. The monoisotopic (exact) mass is 958 g/mol. The Balaban J connectivity index is 0.000000143. The number of ether oxygens (including phenoxy) is 2. The minimum absolute atomic E-state index is 0.00718. The Morgan fingerprint density at radius 1 is 0.716 bits per heavy atom. The van der Waals surface area contributed by atoms with Crippen LogP contribution in [0.15, 0.2) is 34.1 Å². The Labute approximate surface area is 379 Å². The van der Waals surface area contributed by atoms with Crippen molar-refractivity contribution in [1.29, 1.82) is 0 Å². The number of rotatable bonds is 8. The Bertz CT molecular complexity index is 2890. The highest BCUT2D eigenvalue weighted by molar-refractivity contribution is 7.85. The fraction of sp³-hybridized carbons (Fsp3) is 0.556. The van der Waals surface area contributed by atoms with Crippen LogP contribution in [0.1, 0.15) is 84.2 Å². The molecule has 6 unspecified atom stereocenters. The summed E-state index contributed by atoms with van der Waals surface area (Å²) in [7, 11) is -0.907. The maximum absolute atomic E-state index is 15.5. The van der Waals surface area contributed by atoms with Gasteiger partial charge in [-0.2, -0.15) is 8.42 Å². The smallest absolute Gasteiger partial charge is 0.341 e. The summed E-state index contributed by atoms with van der Waals surface area (Å²) in [5, 5.41) is 18.6. The summed E-state index contributed by atoms with van der Waals surface area (Å²) in [4.78, 5) is 52.6. The number of benzene rings is 2. The van der Waals surface area contributed by atoms with Crippen molar-refractivity contribution in [2.75, 3.05) is 56.5 Å². The third kappa shape index (κ3) is 6.81. The van der Waals surface area contributed by atoms with Crippen molar-refractivity contribution in [1.82, 2.24) is 9.13 Å². The van der Waals surface area contributed by atoms with Gasteiger partial charge in [0.2, 0.25) is 10.9 Å². The predicted molar refractivity (Wildman–Crippen MR) is 236 cm³/mol. The molecule has 2 aliphatic heterocycles. The van der Waals surface area contributed by atoms with Gasteiger partial charge in [-0.3, -0.25) is 14.1 Å². The van der Waals surface area contributed by atoms with Gasteiger partial charge < -0.3 is 50.1 Å². The summed E-state index contributed by atoms with van der Waals surface area (Å²) < 4.78 is 98.9. The maximum atomic E-state index is 15.5. The van der Waals surface area contributed by atoms with E-state index in [9.17, 15) is 46.6 Å². The molecule has 2 spiro atoms. The molecule has 0 bridgehead atoms. The van der Waals surface area contributed by atoms with Crippen LogP contribution in [0, 0.1) is 34.3 Å². The zero-order valence-electron chi connectivity index (χ0n) is 36.7. The van der Waals surface area contributed by atoms with Crippen molar-refractivity contribution in [3.63, 3.8) is 0 Å². The number of nitrogens with two attached hydrogens (primary N) is 2. The van der Waals surface area contributed by atoms with E-state index < -0.39 is 80.1 Å². The van der Waals surface area contributed by atoms with E-state index in [4.69, 9.17) is 25.5 Å². The number of fused-ring (bicyclic) bond motifs is 2. The molecule has 0 amide bonds. The Hall–Kier alpha value is -5.45. The van der Waals surface area contributed by atoms with Crippen molar-refractivity contribution in [2.24, 2.45) is 34.1 Å². The molecule has 17 nitrogen and oxygen atoms in total. The zero-order valence-corrected chi connectivity index (χ0v) is 37.5. The summed E-state index contributed by atoms with van der Waals surface area (Å²) in [6.45, 7) is 2.18. The fourth-order valence-corrected chi connectivity index (χ4v) is 12.6. The molecule has 8 fully saturated rings. The Morgan fingerprint density at radius 2 is 1.06 bits per heavy atom. The second-order valence-electron chi connectivity index (χ2n) is 20.0. The number of aromatic carboxylic acids is 2. The second-order valence-corrected chi connectivity index (χ2v) is 21.5. The molecular formula is C45H50F4N6O11S. The van der Waals surface area contributed by atoms with Crippen LogP contribution in [-0.2, 0) is 10.1 Å². The lowest BCUT2D eigenvalue weighted by Gasteiger charge is -2.27. The molecule has 2 saturated heterocycles. The van der Waals surface area contributed by atoms with Crippen molar-refractivity contribution in [3.8, 4) is 11.5 Å². The number of nitrogens with zero attached hydrogens (tertiary/aromatic N) is 4. The van der Waals surface area contributed by atoms with Crippen LogP contribution in [-0.4, -0.2) is 114 Å². The number of hydrogen-bond donors (Lipinski definition) is 5. The first-order valence-electron chi connectivity index (χ1n) is 22.1. The van der Waals surface area contributed by atoms with Crippen molar-refractivity contribution in [3.05, 3.63) is 67.7 Å². The number of carboxylic acid groups (broad SMARTS) is 2. The average molecular weight is 959 g/mol. The number of halogens is 4. The van der Waals surface area contributed by atoms with Crippen LogP contribution >= 0.6 is 0 Å². The van der Waals surface area contributed by atoms with E-state index in [0.29, 0.717) is 44.3 Å². The van der Waals surface area contributed by atoms with Gasteiger partial charge in [-0.1, -0.05) is 0 Å². The Morgan fingerprint density at radius 3 is 1.33 bits per heavy atom. The van der Waals surface area contributed by atoms with Gasteiger partial charge in [-0.15, -0.1) is 0 Å². The number of alkyl halides is 2. The normalized spacial score (nSPS) is 33.5. The van der Waals surface area contributed by atoms with Gasteiger partial charge in [-0.25, -0.2) is 27.2 Å². The number of methoxy groups -OCH3 is 2. The van der Waals surface area contributed by atoms with Gasteiger partial charge in [0.05, 0.1) is 54.4 Å². The standard InChI is InChI=1S/2C22H23F2N3O4.CH4O3S/c2*1-31-19-16-11(18(28)12(20(29)30)7-27(16)15-5-13(15)23)4-14(24)17(19)26-8-21-6-10(21)2-3-22(21,25)9-26;1-5(2,3)4/h2*4,7,10,13,15H,2-3,5-6,8-9,25H2,1H3,(H,29,30);1H3,(H,2,3,4)/t2*10?,13-,15+,21?,22?;/m00./s1. The van der Waals surface area contributed by atoms with Gasteiger partial charge in [0.25, 0.3) is 10.1 Å². The molecule has 67 heavy (non-hydrogen) atoms. The third-order valence-corrected chi connectivity index (χ3v) is 16.2. The van der Waals surface area contributed by atoms with Crippen LogP contribution in [0.2, 0.25) is 0 Å². The summed E-state index contributed by atoms with van der Waals surface area (Å²) in [5.74, 6) is -2.83. The number of anilines is 2. The van der Waals surface area contributed by atoms with E-state index in [-0.39, 0.29) is 79.4 Å². The van der Waals surface area contributed by atoms with E-state index in [1.807, 2.05) is 9.80 Å². The fourth-order valence-electron chi connectivity index (χ4n) is 12.6. The molecule has 10 atom stereocenters. The summed E-state index contributed by atoms with van der Waals surface area (Å²) in [6.07, 6.45) is 7.16. The molecule has 360 valence electrons. The highest BCUT2D eigenvalue weighted by atomic mass is 32.2. The van der Waals surface area contributed by atoms with E-state index in [2.05, 4.69) is 0 Å². The van der Waals surface area contributed by atoms with E-state index >= 15 is 8.78 Å². The van der Waals surface area contributed by atoms with Gasteiger partial charge >= 0.3 is 11.9 Å². The van der Waals surface area contributed by atoms with Crippen LogP contribution in [0.5, 0.6) is 11.5 Å². The molecule has 0 radical (unpaired) electrons. The molecule has 4 aromatic rings. The number of carbonyl (C=O) groups is 2. The van der Waals surface area contributed by atoms with Crippen LogP contribution < -0.4 is 41.6 Å². The molecule has 2 aromatic carbocycles. The van der Waals surface area contributed by atoms with Crippen LogP contribution in [0.3, 0.4) is 0 Å². The largest absolute Gasteiger partial charge is 0.492 e. The highest BCUT2D eigenvalue weighted by Crippen LogP contribution is 2.72. The topological polar surface area (TPSA) is 250 Å². The number of hydrogen-bond acceptors (Lipinski definition) is 12. The first-order valence-corrected chi connectivity index (χ1v) is 23.9. The van der Waals surface area contributed by atoms with Gasteiger partial charge in [0.1, 0.15) is 34.8 Å². The maximum Gasteiger partial charge on any atom is 0.341 e. The third-order valence-electron chi connectivity index (χ3n) is 16.2. The van der Waals surface area contributed by atoms with E-state index in [1.54, 1.807) is 0 Å². The first-order chi connectivity index (χ1) is 31.4. The van der Waals surface area contributed by atoms with Crippen LogP contribution in [0.25, 0.3) is 21.8 Å². The van der Waals surface area contributed by atoms with Crippen molar-refractivity contribution < 1.29 is 59.8 Å². The first kappa shape index (κ1) is 45.3. The second kappa shape index (κ2) is 14.8. The summed E-state index contributed by atoms with van der Waals surface area (Å²) >= 11 is 0. The summed E-state index contributed by atoms with van der Waals surface area (Å²) in [6, 6.07) is 0.901. The minimum Gasteiger partial charge on any atom is -0.492 e. The molecule has 6 saturated carbocycles. The molecule has 2 aromatic heterocycles. The highest BCUT2D eigenvalue weighted by Gasteiger charge is 2.74. The van der Waals surface area contributed by atoms with Gasteiger partial charge in [0.15, 0.2) is 23.1 Å². The molecule has 4 heterocycles. The lowest BCUT2D eigenvalue weighted by atomic mass is 9.86. The molecule has 8 aliphatic rings. The lowest BCUT2D eigenvalue weighted by molar-refractivity contribution is 0.0684. The summed E-state index contributed by atoms with van der Waals surface area (Å²) in [5.41, 5.74) is 10.9. The molecule has 7 N–H and O–H groups in total. The lowest BCUT2D eigenvalue weighted by Crippen LogP contribution is -2.47. The number of carboxylic acids is 2.